The highest BCUT2D eigenvalue weighted by Crippen LogP contribution is 2.10. The minimum Gasteiger partial charge on any atom is -0.287 e. The third-order valence-electron chi connectivity index (χ3n) is 0.546. The van der Waals surface area contributed by atoms with Gasteiger partial charge in [-0.05, 0) is 15.9 Å². The van der Waals surface area contributed by atoms with Crippen LogP contribution in [-0.4, -0.2) is 5.78 Å². The summed E-state index contributed by atoms with van der Waals surface area (Å²) in [6, 6.07) is 0. The maximum Gasteiger partial charge on any atom is 0.208 e. The Labute approximate surface area is 43.5 Å². The van der Waals surface area contributed by atoms with Crippen molar-refractivity contribution in [2.24, 2.45) is 0 Å². The number of ketones is 1. The van der Waals surface area contributed by atoms with Crippen LogP contribution in [0.25, 0.3) is 0 Å². The first-order chi connectivity index (χ1) is 2.80. The molecule has 1 aliphatic carbocycles. The van der Waals surface area contributed by atoms with Gasteiger partial charge in [0.2, 0.25) is 5.78 Å². The van der Waals surface area contributed by atoms with Crippen LogP contribution in [-0.2, 0) is 4.79 Å². The molecule has 0 aromatic rings. The average Bonchev–Trinajstić information content (AvgIpc) is 1.61. The Hall–Kier alpha value is -0.330. The summed E-state index contributed by atoms with van der Waals surface area (Å²) in [5.41, 5.74) is 2.62. The molecule has 0 radical (unpaired) electrons. The SMILES string of the molecule is O=C1C=C=C1Br. The zero-order valence-corrected chi connectivity index (χ0v) is 4.45. The van der Waals surface area contributed by atoms with Gasteiger partial charge in [0.1, 0.15) is 4.48 Å². The van der Waals surface area contributed by atoms with E-state index in [4.69, 9.17) is 0 Å². The third-order valence-corrected chi connectivity index (χ3v) is 1.17. The van der Waals surface area contributed by atoms with E-state index in [-0.39, 0.29) is 5.78 Å². The minimum absolute atomic E-state index is 0.0370. The van der Waals surface area contributed by atoms with E-state index in [2.05, 4.69) is 21.7 Å². The quantitative estimate of drug-likeness (QED) is 0.464. The molecule has 1 rings (SSSR count). The average molecular weight is 145 g/mol. The molecule has 0 spiro atoms. The normalized spacial score (nSPS) is 16.8. The Morgan fingerprint density at radius 3 is 2.33 bits per heavy atom. The van der Waals surface area contributed by atoms with Crippen LogP contribution in [0.4, 0.5) is 0 Å². The Morgan fingerprint density at radius 1 is 1.83 bits per heavy atom. The van der Waals surface area contributed by atoms with E-state index in [9.17, 15) is 4.79 Å². The maximum absolute atomic E-state index is 10.0. The van der Waals surface area contributed by atoms with Gasteiger partial charge >= 0.3 is 0 Å². The highest BCUT2D eigenvalue weighted by atomic mass is 79.9. The molecule has 0 aliphatic heterocycles. The standard InChI is InChI=1S/C4HBrO/c5-3-1-2-4(3)6/h2H. The zero-order valence-electron chi connectivity index (χ0n) is 2.86. The molecule has 2 heteroatoms. The lowest BCUT2D eigenvalue weighted by atomic mass is 10.2. The van der Waals surface area contributed by atoms with Crippen LogP contribution < -0.4 is 0 Å². The molecule has 0 N–H and O–H groups in total. The summed E-state index contributed by atoms with van der Waals surface area (Å²) in [5, 5.41) is 0. The molecule has 0 heterocycles. The van der Waals surface area contributed by atoms with Crippen molar-refractivity contribution in [2.75, 3.05) is 0 Å². The van der Waals surface area contributed by atoms with Gasteiger partial charge in [-0.1, -0.05) is 5.73 Å². The second-order valence-electron chi connectivity index (χ2n) is 0.967. The molecule has 6 heavy (non-hydrogen) atoms. The number of carbonyl (C=O) groups excluding carboxylic acids is 1. The van der Waals surface area contributed by atoms with E-state index in [0.29, 0.717) is 4.48 Å². The first kappa shape index (κ1) is 3.85. The highest BCUT2D eigenvalue weighted by Gasteiger charge is 2.05. The van der Waals surface area contributed by atoms with Gasteiger partial charge in [0.25, 0.3) is 0 Å². The molecule has 0 fully saturated rings. The number of halogens is 1. The summed E-state index contributed by atoms with van der Waals surface area (Å²) < 4.78 is 0.558. The molecule has 1 nitrogen and oxygen atoms in total. The van der Waals surface area contributed by atoms with Crippen molar-refractivity contribution in [3.8, 4) is 0 Å². The van der Waals surface area contributed by atoms with E-state index < -0.39 is 0 Å². The summed E-state index contributed by atoms with van der Waals surface area (Å²) in [6.45, 7) is 0. The molecule has 0 saturated heterocycles. The summed E-state index contributed by atoms with van der Waals surface area (Å²) in [7, 11) is 0. The Morgan fingerprint density at radius 2 is 2.33 bits per heavy atom. The van der Waals surface area contributed by atoms with Crippen molar-refractivity contribution < 1.29 is 4.79 Å². The van der Waals surface area contributed by atoms with Gasteiger partial charge in [0.15, 0.2) is 0 Å². The van der Waals surface area contributed by atoms with Crippen LogP contribution in [0.15, 0.2) is 16.3 Å². The molecule has 0 amide bonds. The molecule has 0 atom stereocenters. The van der Waals surface area contributed by atoms with Gasteiger partial charge in [-0.25, -0.2) is 0 Å². The van der Waals surface area contributed by atoms with Gasteiger partial charge < -0.3 is 0 Å². The molecule has 0 aromatic heterocycles. The molecule has 0 saturated carbocycles. The van der Waals surface area contributed by atoms with Crippen LogP contribution in [0.1, 0.15) is 0 Å². The Kier molecular flexibility index (Phi) is 0.685. The molecule has 0 unspecified atom stereocenters. The Balaban J connectivity index is 2.98. The molecule has 1 aliphatic rings. The fraction of sp³-hybridized carbons (Fsp3) is 0. The first-order valence-electron chi connectivity index (χ1n) is 1.47. The second kappa shape index (κ2) is 1.07. The van der Waals surface area contributed by atoms with E-state index >= 15 is 0 Å². The number of hydrogen-bond acceptors (Lipinski definition) is 1. The molecule has 0 aromatic carbocycles. The van der Waals surface area contributed by atoms with Crippen LogP contribution in [0.3, 0.4) is 0 Å². The number of carbonyl (C=O) groups is 1. The highest BCUT2D eigenvalue weighted by molar-refractivity contribution is 9.12. The largest absolute Gasteiger partial charge is 0.287 e. The van der Waals surface area contributed by atoms with Gasteiger partial charge in [0, 0.05) is 6.08 Å². The molecule has 30 valence electrons. The number of allylic oxidation sites excluding steroid dienone is 1. The molecular weight excluding hydrogens is 144 g/mol. The van der Waals surface area contributed by atoms with E-state index in [0.717, 1.165) is 0 Å². The van der Waals surface area contributed by atoms with Crippen molar-refractivity contribution in [2.45, 2.75) is 0 Å². The third kappa shape index (κ3) is 0.348. The van der Waals surface area contributed by atoms with Gasteiger partial charge in [-0.3, -0.25) is 4.79 Å². The topological polar surface area (TPSA) is 17.1 Å². The van der Waals surface area contributed by atoms with Crippen molar-refractivity contribution in [3.05, 3.63) is 16.3 Å². The lowest BCUT2D eigenvalue weighted by molar-refractivity contribution is -0.111. The van der Waals surface area contributed by atoms with Gasteiger partial charge in [-0.15, -0.1) is 0 Å². The van der Waals surface area contributed by atoms with E-state index in [1.807, 2.05) is 0 Å². The monoisotopic (exact) mass is 144 g/mol. The van der Waals surface area contributed by atoms with Crippen molar-refractivity contribution >= 4 is 21.7 Å². The van der Waals surface area contributed by atoms with Crippen LogP contribution >= 0.6 is 15.9 Å². The van der Waals surface area contributed by atoms with Crippen LogP contribution in [0.2, 0.25) is 0 Å². The van der Waals surface area contributed by atoms with Crippen molar-refractivity contribution in [3.63, 3.8) is 0 Å². The van der Waals surface area contributed by atoms with Crippen LogP contribution in [0.5, 0.6) is 0 Å². The summed E-state index contributed by atoms with van der Waals surface area (Å²) in [4.78, 5) is 10.0. The molecule has 0 bridgehead atoms. The smallest absolute Gasteiger partial charge is 0.208 e. The molecular formula is C4HBrO. The first-order valence-corrected chi connectivity index (χ1v) is 2.26. The minimum atomic E-state index is 0.0370. The van der Waals surface area contributed by atoms with Gasteiger partial charge in [-0.2, -0.15) is 0 Å². The van der Waals surface area contributed by atoms with Crippen LogP contribution in [0, 0.1) is 0 Å². The lowest BCUT2D eigenvalue weighted by Gasteiger charge is -1.90. The van der Waals surface area contributed by atoms with Crippen molar-refractivity contribution in [1.29, 1.82) is 0 Å². The predicted octanol–water partition coefficient (Wildman–Crippen LogP) is 1.00. The summed E-state index contributed by atoms with van der Waals surface area (Å²) >= 11 is 2.95. The fourth-order valence-corrected chi connectivity index (χ4v) is 0.415. The summed E-state index contributed by atoms with van der Waals surface area (Å²) in [6.07, 6.45) is 1.39. The summed E-state index contributed by atoms with van der Waals surface area (Å²) in [5.74, 6) is 0.0370. The Bertz CT molecular complexity index is 151. The van der Waals surface area contributed by atoms with Crippen molar-refractivity contribution in [1.82, 2.24) is 0 Å². The van der Waals surface area contributed by atoms with E-state index in [1.54, 1.807) is 0 Å². The second-order valence-corrected chi connectivity index (χ2v) is 1.76. The fourth-order valence-electron chi connectivity index (χ4n) is 0.186. The van der Waals surface area contributed by atoms with Gasteiger partial charge in [0.05, 0.1) is 0 Å². The maximum atomic E-state index is 10.0. The number of hydrogen-bond donors (Lipinski definition) is 0. The van der Waals surface area contributed by atoms with E-state index in [1.165, 1.54) is 6.08 Å². The zero-order chi connectivity index (χ0) is 4.57. The number of rotatable bonds is 0. The predicted molar refractivity (Wildman–Crippen MR) is 25.5 cm³/mol. The lowest BCUT2D eigenvalue weighted by Crippen LogP contribution is -1.95.